The summed E-state index contributed by atoms with van der Waals surface area (Å²) in [5.41, 5.74) is 2.50. The van der Waals surface area contributed by atoms with Crippen LogP contribution in [0.25, 0.3) is 0 Å². The van der Waals surface area contributed by atoms with E-state index >= 15 is 0 Å². The van der Waals surface area contributed by atoms with Crippen LogP contribution in [0, 0.1) is 5.92 Å². The summed E-state index contributed by atoms with van der Waals surface area (Å²) in [6.07, 6.45) is 1.80. The van der Waals surface area contributed by atoms with E-state index < -0.39 is 0 Å². The molecular weight excluding hydrogens is 164 g/mol. The number of carbonyl (C=O) groups excluding carboxylic acids is 1. The van der Waals surface area contributed by atoms with Gasteiger partial charge in [-0.25, -0.2) is 0 Å². The summed E-state index contributed by atoms with van der Waals surface area (Å²) in [6.45, 7) is 0. The molecule has 1 heterocycles. The second-order valence-electron chi connectivity index (χ2n) is 3.76. The predicted molar refractivity (Wildman–Crippen MR) is 47.1 cm³/mol. The van der Waals surface area contributed by atoms with E-state index in [9.17, 15) is 4.79 Å². The summed E-state index contributed by atoms with van der Waals surface area (Å²) in [6, 6.07) is 8.19. The third-order valence-electron chi connectivity index (χ3n) is 2.96. The van der Waals surface area contributed by atoms with E-state index in [1.54, 1.807) is 0 Å². The Morgan fingerprint density at radius 2 is 2.15 bits per heavy atom. The molecular formula is C11H10O2. The minimum absolute atomic E-state index is 0.0128. The van der Waals surface area contributed by atoms with E-state index in [1.165, 1.54) is 11.1 Å². The Balaban J connectivity index is 2.12. The van der Waals surface area contributed by atoms with E-state index in [0.717, 1.165) is 12.8 Å². The monoisotopic (exact) mass is 174 g/mol. The second-order valence-corrected chi connectivity index (χ2v) is 3.76. The van der Waals surface area contributed by atoms with Gasteiger partial charge in [0.15, 0.2) is 0 Å². The van der Waals surface area contributed by atoms with Crippen molar-refractivity contribution in [1.82, 2.24) is 0 Å². The Bertz CT molecular complexity index is 370. The molecule has 13 heavy (non-hydrogen) atoms. The van der Waals surface area contributed by atoms with Crippen LogP contribution in [0.3, 0.4) is 0 Å². The molecule has 2 atom stereocenters. The number of hydrogen-bond acceptors (Lipinski definition) is 2. The summed E-state index contributed by atoms with van der Waals surface area (Å²) in [4.78, 5) is 11.3. The number of fused-ring (bicyclic) bond motifs is 4. The van der Waals surface area contributed by atoms with Crippen molar-refractivity contribution in [2.24, 2.45) is 5.92 Å². The fraction of sp³-hybridized carbons (Fsp3) is 0.364. The molecule has 1 fully saturated rings. The van der Waals surface area contributed by atoms with Crippen LogP contribution in [0.2, 0.25) is 0 Å². The Kier molecular flexibility index (Phi) is 1.29. The molecule has 0 N–H and O–H groups in total. The molecule has 0 amide bonds. The van der Waals surface area contributed by atoms with Crippen LogP contribution < -0.4 is 0 Å². The summed E-state index contributed by atoms with van der Waals surface area (Å²) < 4.78 is 5.27. The third-order valence-corrected chi connectivity index (χ3v) is 2.96. The molecule has 0 unspecified atom stereocenters. The van der Waals surface area contributed by atoms with Gasteiger partial charge in [-0.15, -0.1) is 0 Å². The fourth-order valence-corrected chi connectivity index (χ4v) is 2.30. The van der Waals surface area contributed by atoms with Crippen molar-refractivity contribution in [1.29, 1.82) is 0 Å². The fourth-order valence-electron chi connectivity index (χ4n) is 2.30. The van der Waals surface area contributed by atoms with Crippen molar-refractivity contribution in [3.63, 3.8) is 0 Å². The van der Waals surface area contributed by atoms with Gasteiger partial charge in [-0.1, -0.05) is 24.3 Å². The molecule has 66 valence electrons. The van der Waals surface area contributed by atoms with Crippen molar-refractivity contribution < 1.29 is 9.53 Å². The van der Waals surface area contributed by atoms with Gasteiger partial charge in [0, 0.05) is 6.42 Å². The molecule has 3 rings (SSSR count). The largest absolute Gasteiger partial charge is 0.457 e. The number of carbonyl (C=O) groups is 1. The topological polar surface area (TPSA) is 26.3 Å². The Hall–Kier alpha value is -1.31. The van der Waals surface area contributed by atoms with E-state index in [-0.39, 0.29) is 18.0 Å². The van der Waals surface area contributed by atoms with Gasteiger partial charge in [0.1, 0.15) is 6.10 Å². The van der Waals surface area contributed by atoms with Crippen LogP contribution in [0.5, 0.6) is 0 Å². The maximum Gasteiger partial charge on any atom is 0.310 e. The maximum absolute atomic E-state index is 11.3. The third kappa shape index (κ3) is 0.916. The molecule has 0 radical (unpaired) electrons. The van der Waals surface area contributed by atoms with Crippen LogP contribution in [0.15, 0.2) is 24.3 Å². The molecule has 0 aromatic heterocycles. The summed E-state index contributed by atoms with van der Waals surface area (Å²) >= 11 is 0. The van der Waals surface area contributed by atoms with Gasteiger partial charge in [-0.05, 0) is 17.5 Å². The normalized spacial score (nSPS) is 29.7. The first-order valence-electron chi connectivity index (χ1n) is 4.63. The smallest absolute Gasteiger partial charge is 0.310 e. The molecule has 2 nitrogen and oxygen atoms in total. The zero-order valence-electron chi connectivity index (χ0n) is 7.19. The van der Waals surface area contributed by atoms with Crippen molar-refractivity contribution in [3.05, 3.63) is 35.4 Å². The lowest BCUT2D eigenvalue weighted by Crippen LogP contribution is -2.13. The van der Waals surface area contributed by atoms with Gasteiger partial charge in [-0.3, -0.25) is 4.79 Å². The van der Waals surface area contributed by atoms with E-state index in [2.05, 4.69) is 12.1 Å². The number of esters is 1. The van der Waals surface area contributed by atoms with Crippen LogP contribution >= 0.6 is 0 Å². The lowest BCUT2D eigenvalue weighted by Gasteiger charge is -2.18. The SMILES string of the molecule is O=C1O[C@H]2C[C@H]1Cc1ccccc12. The van der Waals surface area contributed by atoms with Gasteiger partial charge in [0.2, 0.25) is 0 Å². The number of rotatable bonds is 0. The summed E-state index contributed by atoms with van der Waals surface area (Å²) in [7, 11) is 0. The molecule has 2 heteroatoms. The second kappa shape index (κ2) is 2.34. The van der Waals surface area contributed by atoms with Gasteiger partial charge < -0.3 is 4.74 Å². The minimum Gasteiger partial charge on any atom is -0.457 e. The standard InChI is InChI=1S/C11H10O2/c12-11-8-5-7-3-1-2-4-9(7)10(6-8)13-11/h1-4,8,10H,5-6H2/t8-,10+/m1/s1. The van der Waals surface area contributed by atoms with Crippen molar-refractivity contribution in [2.75, 3.05) is 0 Å². The van der Waals surface area contributed by atoms with E-state index in [0.29, 0.717) is 0 Å². The van der Waals surface area contributed by atoms with Crippen LogP contribution in [-0.4, -0.2) is 5.97 Å². The van der Waals surface area contributed by atoms with Gasteiger partial charge >= 0.3 is 5.97 Å². The molecule has 2 bridgehead atoms. The quantitative estimate of drug-likeness (QED) is 0.561. The van der Waals surface area contributed by atoms with Crippen molar-refractivity contribution in [3.8, 4) is 0 Å². The molecule has 0 saturated carbocycles. The summed E-state index contributed by atoms with van der Waals surface area (Å²) in [5.74, 6) is 0.112. The average molecular weight is 174 g/mol. The maximum atomic E-state index is 11.3. The van der Waals surface area contributed by atoms with Crippen LogP contribution in [0.4, 0.5) is 0 Å². The molecule has 1 saturated heterocycles. The highest BCUT2D eigenvalue weighted by molar-refractivity contribution is 5.76. The number of ether oxygens (including phenoxy) is 1. The van der Waals surface area contributed by atoms with Crippen molar-refractivity contribution in [2.45, 2.75) is 18.9 Å². The highest BCUT2D eigenvalue weighted by atomic mass is 16.6. The zero-order valence-corrected chi connectivity index (χ0v) is 7.19. The molecule has 1 aromatic carbocycles. The van der Waals surface area contributed by atoms with Gasteiger partial charge in [0.25, 0.3) is 0 Å². The first-order valence-corrected chi connectivity index (χ1v) is 4.63. The first kappa shape index (κ1) is 7.13. The molecule has 1 aliphatic heterocycles. The Morgan fingerprint density at radius 1 is 1.31 bits per heavy atom. The average Bonchev–Trinajstić information content (AvgIpc) is 2.44. The molecule has 1 aromatic rings. The molecule has 2 aliphatic rings. The lowest BCUT2D eigenvalue weighted by molar-refractivity contribution is -0.144. The van der Waals surface area contributed by atoms with Crippen LogP contribution in [-0.2, 0) is 16.0 Å². The van der Waals surface area contributed by atoms with E-state index in [1.807, 2.05) is 12.1 Å². The van der Waals surface area contributed by atoms with E-state index in [4.69, 9.17) is 4.74 Å². The van der Waals surface area contributed by atoms with Gasteiger partial charge in [-0.2, -0.15) is 0 Å². The predicted octanol–water partition coefficient (Wildman–Crippen LogP) is 1.85. The number of hydrogen-bond donors (Lipinski definition) is 0. The number of benzene rings is 1. The summed E-state index contributed by atoms with van der Waals surface area (Å²) in [5, 5.41) is 0. The molecule has 0 spiro atoms. The highest BCUT2D eigenvalue weighted by Crippen LogP contribution is 2.41. The van der Waals surface area contributed by atoms with Gasteiger partial charge in [0.05, 0.1) is 5.92 Å². The molecule has 1 aliphatic carbocycles. The lowest BCUT2D eigenvalue weighted by atomic mass is 9.84. The van der Waals surface area contributed by atoms with Crippen LogP contribution in [0.1, 0.15) is 23.7 Å². The Labute approximate surface area is 76.5 Å². The Morgan fingerprint density at radius 3 is 3.08 bits per heavy atom. The van der Waals surface area contributed by atoms with Crippen molar-refractivity contribution >= 4 is 5.97 Å². The zero-order chi connectivity index (χ0) is 8.84. The highest BCUT2D eigenvalue weighted by Gasteiger charge is 2.40. The minimum atomic E-state index is -0.0128. The first-order chi connectivity index (χ1) is 6.34.